The lowest BCUT2D eigenvalue weighted by atomic mass is 10.0. The molecule has 0 fully saturated rings. The maximum absolute atomic E-state index is 5.71. The van der Waals surface area contributed by atoms with Crippen molar-refractivity contribution < 1.29 is 0 Å². The van der Waals surface area contributed by atoms with E-state index >= 15 is 0 Å². The normalized spacial score (nSPS) is 10.6. The Balaban J connectivity index is 2.54. The number of nitrogens with two attached hydrogens (primary N) is 1. The standard InChI is InChI=1S/C15H20N4/c1-10-5-6-12(7-11(10)2)14-8-13(9-16)17-15(18-14)19(3)4/h5-8H,9,16H2,1-4H3. The lowest BCUT2D eigenvalue weighted by Crippen LogP contribution is -2.15. The second-order valence-electron chi connectivity index (χ2n) is 4.94. The van der Waals surface area contributed by atoms with Crippen molar-refractivity contribution in [2.75, 3.05) is 19.0 Å². The fraction of sp³-hybridized carbons (Fsp3) is 0.333. The van der Waals surface area contributed by atoms with Crippen molar-refractivity contribution in [1.82, 2.24) is 9.97 Å². The van der Waals surface area contributed by atoms with Gasteiger partial charge in [-0.15, -0.1) is 0 Å². The smallest absolute Gasteiger partial charge is 0.225 e. The number of benzene rings is 1. The van der Waals surface area contributed by atoms with Crippen LogP contribution in [0.2, 0.25) is 0 Å². The first kappa shape index (κ1) is 13.5. The summed E-state index contributed by atoms with van der Waals surface area (Å²) in [5.41, 5.74) is 11.1. The summed E-state index contributed by atoms with van der Waals surface area (Å²) < 4.78 is 0. The van der Waals surface area contributed by atoms with Crippen LogP contribution in [-0.2, 0) is 6.54 Å². The van der Waals surface area contributed by atoms with Crippen LogP contribution in [0.3, 0.4) is 0 Å². The fourth-order valence-electron chi connectivity index (χ4n) is 1.84. The number of nitrogens with zero attached hydrogens (tertiary/aromatic N) is 3. The van der Waals surface area contributed by atoms with Gasteiger partial charge in [0.15, 0.2) is 0 Å². The van der Waals surface area contributed by atoms with Gasteiger partial charge < -0.3 is 10.6 Å². The van der Waals surface area contributed by atoms with Crippen molar-refractivity contribution in [3.63, 3.8) is 0 Å². The third-order valence-corrected chi connectivity index (χ3v) is 3.18. The Morgan fingerprint density at radius 2 is 1.79 bits per heavy atom. The van der Waals surface area contributed by atoms with Gasteiger partial charge in [0.1, 0.15) is 0 Å². The maximum Gasteiger partial charge on any atom is 0.225 e. The molecule has 0 amide bonds. The summed E-state index contributed by atoms with van der Waals surface area (Å²) in [6, 6.07) is 8.31. The molecule has 4 nitrogen and oxygen atoms in total. The highest BCUT2D eigenvalue weighted by Gasteiger charge is 2.08. The van der Waals surface area contributed by atoms with Gasteiger partial charge in [-0.3, -0.25) is 0 Å². The molecule has 1 heterocycles. The molecule has 4 heteroatoms. The van der Waals surface area contributed by atoms with Crippen LogP contribution < -0.4 is 10.6 Å². The van der Waals surface area contributed by atoms with Crippen LogP contribution in [-0.4, -0.2) is 24.1 Å². The SMILES string of the molecule is Cc1ccc(-c2cc(CN)nc(N(C)C)n2)cc1C. The fourth-order valence-corrected chi connectivity index (χ4v) is 1.84. The lowest BCUT2D eigenvalue weighted by Gasteiger charge is -2.13. The van der Waals surface area contributed by atoms with Crippen LogP contribution in [0.5, 0.6) is 0 Å². The van der Waals surface area contributed by atoms with Gasteiger partial charge in [0.05, 0.1) is 11.4 Å². The Morgan fingerprint density at radius 1 is 1.05 bits per heavy atom. The summed E-state index contributed by atoms with van der Waals surface area (Å²) in [5, 5.41) is 0. The van der Waals surface area contributed by atoms with Gasteiger partial charge in [-0.05, 0) is 37.1 Å². The predicted molar refractivity (Wildman–Crippen MR) is 79.2 cm³/mol. The zero-order valence-corrected chi connectivity index (χ0v) is 11.9. The first-order chi connectivity index (χ1) is 9.01. The molecule has 1 aromatic heterocycles. The predicted octanol–water partition coefficient (Wildman–Crippen LogP) is 2.29. The molecule has 0 saturated heterocycles. The van der Waals surface area contributed by atoms with E-state index < -0.39 is 0 Å². The molecule has 0 spiro atoms. The molecule has 1 aromatic carbocycles. The lowest BCUT2D eigenvalue weighted by molar-refractivity contribution is 0.925. The van der Waals surface area contributed by atoms with E-state index in [4.69, 9.17) is 5.73 Å². The van der Waals surface area contributed by atoms with Crippen LogP contribution >= 0.6 is 0 Å². The van der Waals surface area contributed by atoms with E-state index in [0.717, 1.165) is 17.0 Å². The average molecular weight is 256 g/mol. The summed E-state index contributed by atoms with van der Waals surface area (Å²) in [6.45, 7) is 4.63. The Bertz CT molecular complexity index is 591. The van der Waals surface area contributed by atoms with E-state index in [0.29, 0.717) is 12.5 Å². The third kappa shape index (κ3) is 2.90. The van der Waals surface area contributed by atoms with E-state index in [-0.39, 0.29) is 0 Å². The largest absolute Gasteiger partial charge is 0.347 e. The first-order valence-electron chi connectivity index (χ1n) is 6.34. The molecule has 0 aliphatic carbocycles. The van der Waals surface area contributed by atoms with Gasteiger partial charge in [-0.25, -0.2) is 9.97 Å². The molecule has 100 valence electrons. The minimum atomic E-state index is 0.418. The van der Waals surface area contributed by atoms with Gasteiger partial charge in [-0.2, -0.15) is 0 Å². The third-order valence-electron chi connectivity index (χ3n) is 3.18. The Kier molecular flexibility index (Phi) is 3.81. The molecular weight excluding hydrogens is 236 g/mol. The second kappa shape index (κ2) is 5.36. The van der Waals surface area contributed by atoms with Gasteiger partial charge in [-0.1, -0.05) is 12.1 Å². The molecule has 2 aromatic rings. The topological polar surface area (TPSA) is 55.0 Å². The molecule has 2 rings (SSSR count). The summed E-state index contributed by atoms with van der Waals surface area (Å²) in [4.78, 5) is 10.9. The molecule has 0 unspecified atom stereocenters. The summed E-state index contributed by atoms with van der Waals surface area (Å²) in [7, 11) is 3.86. The van der Waals surface area contributed by atoms with Gasteiger partial charge in [0.2, 0.25) is 5.95 Å². The highest BCUT2D eigenvalue weighted by molar-refractivity contribution is 5.62. The van der Waals surface area contributed by atoms with Gasteiger partial charge in [0, 0.05) is 26.2 Å². The van der Waals surface area contributed by atoms with Crippen molar-refractivity contribution in [2.24, 2.45) is 5.73 Å². The first-order valence-corrected chi connectivity index (χ1v) is 6.34. The van der Waals surface area contributed by atoms with Gasteiger partial charge >= 0.3 is 0 Å². The summed E-state index contributed by atoms with van der Waals surface area (Å²) in [5.74, 6) is 0.691. The molecule has 19 heavy (non-hydrogen) atoms. The molecular formula is C15H20N4. The summed E-state index contributed by atoms with van der Waals surface area (Å²) >= 11 is 0. The van der Waals surface area contributed by atoms with Crippen LogP contribution in [0.15, 0.2) is 24.3 Å². The van der Waals surface area contributed by atoms with Crippen molar-refractivity contribution >= 4 is 5.95 Å². The number of aromatic nitrogens is 2. The molecule has 0 bridgehead atoms. The zero-order chi connectivity index (χ0) is 14.0. The van der Waals surface area contributed by atoms with Crippen LogP contribution in [0.4, 0.5) is 5.95 Å². The minimum Gasteiger partial charge on any atom is -0.347 e. The molecule has 0 aliphatic rings. The van der Waals surface area contributed by atoms with Gasteiger partial charge in [0.25, 0.3) is 0 Å². The van der Waals surface area contributed by atoms with E-state index in [2.05, 4.69) is 42.0 Å². The summed E-state index contributed by atoms with van der Waals surface area (Å²) in [6.07, 6.45) is 0. The Morgan fingerprint density at radius 3 is 2.37 bits per heavy atom. The van der Waals surface area contributed by atoms with Crippen molar-refractivity contribution in [2.45, 2.75) is 20.4 Å². The van der Waals surface area contributed by atoms with E-state index in [1.807, 2.05) is 25.1 Å². The number of hydrogen-bond acceptors (Lipinski definition) is 4. The Labute approximate surface area is 114 Å². The maximum atomic E-state index is 5.71. The second-order valence-corrected chi connectivity index (χ2v) is 4.94. The number of anilines is 1. The number of aryl methyl sites for hydroxylation is 2. The molecule has 2 N–H and O–H groups in total. The highest BCUT2D eigenvalue weighted by Crippen LogP contribution is 2.22. The van der Waals surface area contributed by atoms with Crippen molar-refractivity contribution in [3.8, 4) is 11.3 Å². The van der Waals surface area contributed by atoms with E-state index in [1.54, 1.807) is 0 Å². The molecule has 0 radical (unpaired) electrons. The van der Waals surface area contributed by atoms with Crippen molar-refractivity contribution in [1.29, 1.82) is 0 Å². The molecule has 0 aliphatic heterocycles. The van der Waals surface area contributed by atoms with E-state index in [1.165, 1.54) is 11.1 Å². The van der Waals surface area contributed by atoms with Crippen LogP contribution in [0, 0.1) is 13.8 Å². The average Bonchev–Trinajstić information content (AvgIpc) is 2.41. The van der Waals surface area contributed by atoms with E-state index in [9.17, 15) is 0 Å². The highest BCUT2D eigenvalue weighted by atomic mass is 15.2. The number of hydrogen-bond donors (Lipinski definition) is 1. The quantitative estimate of drug-likeness (QED) is 0.915. The van der Waals surface area contributed by atoms with Crippen LogP contribution in [0.1, 0.15) is 16.8 Å². The Hall–Kier alpha value is -1.94. The minimum absolute atomic E-state index is 0.418. The monoisotopic (exact) mass is 256 g/mol. The molecule has 0 atom stereocenters. The molecule has 0 saturated carbocycles. The van der Waals surface area contributed by atoms with Crippen LogP contribution in [0.25, 0.3) is 11.3 Å². The number of rotatable bonds is 3. The van der Waals surface area contributed by atoms with Crippen molar-refractivity contribution in [3.05, 3.63) is 41.1 Å². The zero-order valence-electron chi connectivity index (χ0n) is 11.9.